The van der Waals surface area contributed by atoms with Crippen molar-refractivity contribution in [2.75, 3.05) is 44.6 Å². The summed E-state index contributed by atoms with van der Waals surface area (Å²) in [5, 5.41) is 18.7. The summed E-state index contributed by atoms with van der Waals surface area (Å²) < 4.78 is 41.1. The van der Waals surface area contributed by atoms with Gasteiger partial charge in [-0.05, 0) is 99.0 Å². The molecule has 2 aromatic rings. The van der Waals surface area contributed by atoms with Gasteiger partial charge in [-0.15, -0.1) is 11.3 Å². The highest BCUT2D eigenvalue weighted by molar-refractivity contribution is 7.14. The lowest BCUT2D eigenvalue weighted by Crippen LogP contribution is -2.51. The molecule has 0 saturated carbocycles. The minimum absolute atomic E-state index is 0.0364. The number of rotatable bonds is 7. The molecule has 0 bridgehead atoms. The Balaban J connectivity index is 1.13. The number of carbonyl (C=O) groups is 3. The molecule has 3 fully saturated rings. The van der Waals surface area contributed by atoms with E-state index in [2.05, 4.69) is 10.6 Å². The number of amides is 4. The van der Waals surface area contributed by atoms with Crippen LogP contribution in [0, 0.1) is 17.8 Å². The van der Waals surface area contributed by atoms with Crippen molar-refractivity contribution >= 4 is 45.8 Å². The summed E-state index contributed by atoms with van der Waals surface area (Å²) in [6, 6.07) is 3.88. The van der Waals surface area contributed by atoms with E-state index in [9.17, 15) is 32.7 Å². The number of phenolic OH excluding ortho intramolecular Hbond substituents is 1. The van der Waals surface area contributed by atoms with Crippen LogP contribution in [0.2, 0.25) is 5.02 Å². The summed E-state index contributed by atoms with van der Waals surface area (Å²) in [5.41, 5.74) is -0.0607. The van der Waals surface area contributed by atoms with Gasteiger partial charge in [0.25, 0.3) is 0 Å². The molecule has 47 heavy (non-hydrogen) atoms. The Kier molecular flexibility index (Phi) is 10.2. The lowest BCUT2D eigenvalue weighted by atomic mass is 9.79. The van der Waals surface area contributed by atoms with Crippen molar-refractivity contribution in [3.05, 3.63) is 45.3 Å². The highest BCUT2D eigenvalue weighted by atomic mass is 35.5. The van der Waals surface area contributed by atoms with Crippen LogP contribution in [0.4, 0.5) is 23.0 Å². The molecule has 256 valence electrons. The van der Waals surface area contributed by atoms with Crippen molar-refractivity contribution in [3.8, 4) is 5.75 Å². The number of nitrogens with one attached hydrogen (secondary N) is 2. The molecule has 14 heteroatoms. The standard InChI is InChI=1S/C33H41ClF3N5O4S/c34-27-17-20(16-26(29(27)44)33(35,36)37)15-24(31(45)41-10-3-22(4-11-41)21-1-8-38-9-2-21)18-28(43)40-12-5-25(6-13-40)42-19-23-7-14-47-30(23)39-32(42)46/h7,14,16-17,21-22,24-25,38,44H,1-6,8-13,15,18-19H2,(H,39,46)/t24-/m0/s1. The van der Waals surface area contributed by atoms with Crippen molar-refractivity contribution in [1.82, 2.24) is 20.0 Å². The number of thiophene rings is 1. The third-order valence-electron chi connectivity index (χ3n) is 10.4. The fourth-order valence-electron chi connectivity index (χ4n) is 7.74. The number of carbonyl (C=O) groups excluding carboxylic acids is 3. The first-order chi connectivity index (χ1) is 22.5. The third-order valence-corrected chi connectivity index (χ3v) is 11.6. The number of urea groups is 1. The number of benzene rings is 1. The number of hydrogen-bond acceptors (Lipinski definition) is 6. The minimum atomic E-state index is -4.84. The molecule has 5 heterocycles. The maximum atomic E-state index is 14.0. The molecule has 0 unspecified atom stereocenters. The summed E-state index contributed by atoms with van der Waals surface area (Å²) in [4.78, 5) is 45.7. The van der Waals surface area contributed by atoms with Gasteiger partial charge in [0.1, 0.15) is 10.8 Å². The van der Waals surface area contributed by atoms with Gasteiger partial charge in [0.15, 0.2) is 0 Å². The maximum absolute atomic E-state index is 14.0. The van der Waals surface area contributed by atoms with E-state index >= 15 is 0 Å². The lowest BCUT2D eigenvalue weighted by Gasteiger charge is -2.41. The first-order valence-corrected chi connectivity index (χ1v) is 17.7. The quantitative estimate of drug-likeness (QED) is 0.332. The van der Waals surface area contributed by atoms with E-state index < -0.39 is 28.4 Å². The van der Waals surface area contributed by atoms with Gasteiger partial charge in [0.2, 0.25) is 11.8 Å². The summed E-state index contributed by atoms with van der Waals surface area (Å²) in [5.74, 6) is -1.27. The zero-order valence-corrected chi connectivity index (χ0v) is 27.7. The monoisotopic (exact) mass is 695 g/mol. The molecule has 4 aliphatic heterocycles. The van der Waals surface area contributed by atoms with Gasteiger partial charge in [-0.25, -0.2) is 4.79 Å². The number of nitrogens with zero attached hydrogens (tertiary/aromatic N) is 3. The Labute approximate surface area is 281 Å². The van der Waals surface area contributed by atoms with E-state index in [4.69, 9.17) is 11.6 Å². The summed E-state index contributed by atoms with van der Waals surface area (Å²) in [6.45, 7) is 4.45. The van der Waals surface area contributed by atoms with E-state index in [0.717, 1.165) is 55.4 Å². The predicted molar refractivity (Wildman–Crippen MR) is 173 cm³/mol. The van der Waals surface area contributed by atoms with Crippen LogP contribution >= 0.6 is 22.9 Å². The van der Waals surface area contributed by atoms with Crippen LogP contribution in [0.3, 0.4) is 0 Å². The molecule has 1 aromatic heterocycles. The van der Waals surface area contributed by atoms with Gasteiger partial charge in [0.05, 0.1) is 23.0 Å². The first kappa shape index (κ1) is 33.9. The number of piperidine rings is 3. The second kappa shape index (κ2) is 14.2. The van der Waals surface area contributed by atoms with Crippen LogP contribution in [0.1, 0.15) is 61.6 Å². The smallest absolute Gasteiger partial charge is 0.420 e. The summed E-state index contributed by atoms with van der Waals surface area (Å²) in [6.07, 6.45) is 0.0368. The normalized spacial score (nSPS) is 21.0. The molecule has 0 aliphatic carbocycles. The Morgan fingerprint density at radius 3 is 2.34 bits per heavy atom. The average Bonchev–Trinajstić information content (AvgIpc) is 3.52. The molecule has 4 aliphatic rings. The third kappa shape index (κ3) is 7.67. The SMILES string of the molecule is O=C(C[C@H](Cc1cc(Cl)c(O)c(C(F)(F)F)c1)C(=O)N1CCC(C2CCNCC2)CC1)N1CCC(N2Cc3ccsc3NC2=O)CC1. The van der Waals surface area contributed by atoms with Crippen molar-refractivity contribution in [2.45, 2.75) is 70.1 Å². The Morgan fingerprint density at radius 1 is 1.00 bits per heavy atom. The number of halogens is 4. The zero-order chi connectivity index (χ0) is 33.3. The molecule has 0 spiro atoms. The highest BCUT2D eigenvalue weighted by Crippen LogP contribution is 2.41. The van der Waals surface area contributed by atoms with Gasteiger partial charge < -0.3 is 25.1 Å². The van der Waals surface area contributed by atoms with E-state index in [1.54, 1.807) is 9.80 Å². The number of hydrogen-bond donors (Lipinski definition) is 3. The van der Waals surface area contributed by atoms with E-state index in [1.807, 2.05) is 16.3 Å². The molecular formula is C33H41ClF3N5O4S. The predicted octanol–water partition coefficient (Wildman–Crippen LogP) is 5.95. The second-order valence-corrected chi connectivity index (χ2v) is 14.6. The van der Waals surface area contributed by atoms with Gasteiger partial charge in [-0.2, -0.15) is 13.2 Å². The number of aromatic hydroxyl groups is 1. The highest BCUT2D eigenvalue weighted by Gasteiger charge is 2.38. The van der Waals surface area contributed by atoms with Crippen molar-refractivity contribution in [1.29, 1.82) is 0 Å². The minimum Gasteiger partial charge on any atom is -0.506 e. The fourth-order valence-corrected chi connectivity index (χ4v) is 8.78. The summed E-state index contributed by atoms with van der Waals surface area (Å²) >= 11 is 7.50. The first-order valence-electron chi connectivity index (χ1n) is 16.5. The largest absolute Gasteiger partial charge is 0.506 e. The molecule has 6 rings (SSSR count). The van der Waals surface area contributed by atoms with Crippen LogP contribution < -0.4 is 10.6 Å². The molecule has 9 nitrogen and oxygen atoms in total. The summed E-state index contributed by atoms with van der Waals surface area (Å²) in [7, 11) is 0. The number of likely N-dealkylation sites (tertiary alicyclic amines) is 2. The van der Waals surface area contributed by atoms with Gasteiger partial charge in [-0.3, -0.25) is 14.9 Å². The van der Waals surface area contributed by atoms with Gasteiger partial charge in [-0.1, -0.05) is 11.6 Å². The Morgan fingerprint density at radius 2 is 1.66 bits per heavy atom. The molecular weight excluding hydrogens is 655 g/mol. The Hall–Kier alpha value is -3.03. The number of phenols is 1. The van der Waals surface area contributed by atoms with Crippen LogP contribution in [0.5, 0.6) is 5.75 Å². The van der Waals surface area contributed by atoms with Crippen molar-refractivity contribution in [2.24, 2.45) is 17.8 Å². The molecule has 1 atom stereocenters. The number of anilines is 1. The van der Waals surface area contributed by atoms with Crippen LogP contribution in [0.15, 0.2) is 23.6 Å². The number of alkyl halides is 3. The zero-order valence-electron chi connectivity index (χ0n) is 26.2. The van der Waals surface area contributed by atoms with E-state index in [-0.39, 0.29) is 42.3 Å². The molecule has 1 aromatic carbocycles. The molecule has 4 amide bonds. The lowest BCUT2D eigenvalue weighted by molar-refractivity contribution is -0.143. The second-order valence-electron chi connectivity index (χ2n) is 13.3. The fraction of sp³-hybridized carbons (Fsp3) is 0.606. The van der Waals surface area contributed by atoms with Crippen molar-refractivity contribution in [3.63, 3.8) is 0 Å². The van der Waals surface area contributed by atoms with Crippen LogP contribution in [-0.4, -0.2) is 83.0 Å². The van der Waals surface area contributed by atoms with E-state index in [1.165, 1.54) is 17.4 Å². The average molecular weight is 696 g/mol. The van der Waals surface area contributed by atoms with Crippen LogP contribution in [-0.2, 0) is 28.7 Å². The van der Waals surface area contributed by atoms with Crippen LogP contribution in [0.25, 0.3) is 0 Å². The molecule has 3 N–H and O–H groups in total. The van der Waals surface area contributed by atoms with Gasteiger partial charge in [0, 0.05) is 44.2 Å². The van der Waals surface area contributed by atoms with E-state index in [0.29, 0.717) is 57.4 Å². The Bertz CT molecular complexity index is 1470. The van der Waals surface area contributed by atoms with Gasteiger partial charge >= 0.3 is 12.2 Å². The number of fused-ring (bicyclic) bond motifs is 1. The maximum Gasteiger partial charge on any atom is 0.420 e. The molecule has 3 saturated heterocycles. The topological polar surface area (TPSA) is 105 Å². The van der Waals surface area contributed by atoms with Crippen molar-refractivity contribution < 1.29 is 32.7 Å². The molecule has 0 radical (unpaired) electrons.